The van der Waals surface area contributed by atoms with E-state index in [2.05, 4.69) is 0 Å². The second-order valence-corrected chi connectivity index (χ2v) is 7.39. The van der Waals surface area contributed by atoms with E-state index < -0.39 is 11.8 Å². The maximum Gasteiger partial charge on any atom is 0.262 e. The summed E-state index contributed by atoms with van der Waals surface area (Å²) in [5.41, 5.74) is 4.19. The summed E-state index contributed by atoms with van der Waals surface area (Å²) in [5.74, 6) is -1.01. The SMILES string of the molecule is CN(C)c1ccc(C(C(=O)N(O)c2ccccc2)c2ccc(N(C)C)cc2)cc1. The lowest BCUT2D eigenvalue weighted by Crippen LogP contribution is -2.33. The van der Waals surface area contributed by atoms with Gasteiger partial charge in [0.1, 0.15) is 0 Å². The lowest BCUT2D eigenvalue weighted by Gasteiger charge is -2.24. The molecule has 5 nitrogen and oxygen atoms in total. The van der Waals surface area contributed by atoms with E-state index in [0.29, 0.717) is 5.69 Å². The van der Waals surface area contributed by atoms with Crippen LogP contribution in [-0.2, 0) is 4.79 Å². The highest BCUT2D eigenvalue weighted by molar-refractivity contribution is 5.98. The van der Waals surface area contributed by atoms with Gasteiger partial charge in [-0.1, -0.05) is 42.5 Å². The Labute approximate surface area is 172 Å². The van der Waals surface area contributed by atoms with Crippen molar-refractivity contribution in [3.8, 4) is 0 Å². The molecule has 0 fully saturated rings. The topological polar surface area (TPSA) is 47.0 Å². The number of hydrogen-bond donors (Lipinski definition) is 1. The molecule has 3 rings (SSSR count). The molecule has 0 saturated carbocycles. The molecule has 0 atom stereocenters. The van der Waals surface area contributed by atoms with Gasteiger partial charge in [-0.15, -0.1) is 0 Å². The highest BCUT2D eigenvalue weighted by Crippen LogP contribution is 2.31. The van der Waals surface area contributed by atoms with Gasteiger partial charge in [0.05, 0.1) is 11.6 Å². The molecule has 0 radical (unpaired) electrons. The van der Waals surface area contributed by atoms with E-state index in [1.807, 2.05) is 92.6 Å². The van der Waals surface area contributed by atoms with Crippen molar-refractivity contribution >= 4 is 23.0 Å². The van der Waals surface area contributed by atoms with Crippen molar-refractivity contribution in [1.29, 1.82) is 0 Å². The highest BCUT2D eigenvalue weighted by atomic mass is 16.5. The molecule has 0 unspecified atom stereocenters. The molecular formula is C24H27N3O2. The van der Waals surface area contributed by atoms with Crippen molar-refractivity contribution in [1.82, 2.24) is 0 Å². The Bertz CT molecular complexity index is 885. The molecule has 0 bridgehead atoms. The fraction of sp³-hybridized carbons (Fsp3) is 0.208. The first kappa shape index (κ1) is 20.4. The number of hydroxylamine groups is 1. The number of carbonyl (C=O) groups is 1. The number of benzene rings is 3. The average Bonchev–Trinajstić information content (AvgIpc) is 2.74. The molecule has 0 heterocycles. The van der Waals surface area contributed by atoms with Crippen LogP contribution in [0, 0.1) is 0 Å². The van der Waals surface area contributed by atoms with Gasteiger partial charge >= 0.3 is 0 Å². The van der Waals surface area contributed by atoms with Gasteiger partial charge in [0.2, 0.25) is 0 Å². The molecule has 1 N–H and O–H groups in total. The van der Waals surface area contributed by atoms with Crippen LogP contribution in [-0.4, -0.2) is 39.3 Å². The molecule has 29 heavy (non-hydrogen) atoms. The second kappa shape index (κ2) is 8.80. The summed E-state index contributed by atoms with van der Waals surface area (Å²) < 4.78 is 0. The average molecular weight is 389 g/mol. The number of amides is 1. The van der Waals surface area contributed by atoms with Crippen LogP contribution >= 0.6 is 0 Å². The second-order valence-electron chi connectivity index (χ2n) is 7.39. The Morgan fingerprint density at radius 3 is 1.45 bits per heavy atom. The van der Waals surface area contributed by atoms with Crippen molar-refractivity contribution in [2.24, 2.45) is 0 Å². The number of anilines is 3. The monoisotopic (exact) mass is 389 g/mol. The normalized spacial score (nSPS) is 10.7. The van der Waals surface area contributed by atoms with Gasteiger partial charge in [-0.2, -0.15) is 5.06 Å². The van der Waals surface area contributed by atoms with E-state index in [4.69, 9.17) is 0 Å². The van der Waals surface area contributed by atoms with Crippen molar-refractivity contribution < 1.29 is 10.0 Å². The zero-order valence-electron chi connectivity index (χ0n) is 17.3. The van der Waals surface area contributed by atoms with Crippen LogP contribution in [0.4, 0.5) is 17.1 Å². The Morgan fingerprint density at radius 1 is 0.655 bits per heavy atom. The third-order valence-corrected chi connectivity index (χ3v) is 4.94. The molecule has 3 aromatic rings. The summed E-state index contributed by atoms with van der Waals surface area (Å²) in [6.07, 6.45) is 0. The Balaban J connectivity index is 2.02. The van der Waals surface area contributed by atoms with Crippen LogP contribution in [0.1, 0.15) is 17.0 Å². The van der Waals surface area contributed by atoms with Gasteiger partial charge in [0.25, 0.3) is 5.91 Å². The van der Waals surface area contributed by atoms with Gasteiger partial charge in [0, 0.05) is 39.6 Å². The summed E-state index contributed by atoms with van der Waals surface area (Å²) in [6.45, 7) is 0. The minimum absolute atomic E-state index is 0.397. The standard InChI is InChI=1S/C24H27N3O2/c1-25(2)20-14-10-18(11-15-20)23(19-12-16-21(17-13-19)26(3)4)24(28)27(29)22-8-6-5-7-9-22/h5-17,23,29H,1-4H3. The number of carbonyl (C=O) groups excluding carboxylic acids is 1. The quantitative estimate of drug-likeness (QED) is 0.502. The summed E-state index contributed by atoms with van der Waals surface area (Å²) >= 11 is 0. The molecule has 0 aliphatic heterocycles. The number of para-hydroxylation sites is 1. The van der Waals surface area contributed by atoms with Gasteiger partial charge in [-0.3, -0.25) is 10.0 Å². The maximum atomic E-state index is 13.3. The van der Waals surface area contributed by atoms with Gasteiger partial charge < -0.3 is 9.80 Å². The number of nitrogens with zero attached hydrogens (tertiary/aromatic N) is 3. The molecule has 150 valence electrons. The van der Waals surface area contributed by atoms with Crippen molar-refractivity contribution in [2.75, 3.05) is 43.1 Å². The van der Waals surface area contributed by atoms with E-state index in [-0.39, 0.29) is 0 Å². The van der Waals surface area contributed by atoms with Crippen LogP contribution in [0.25, 0.3) is 0 Å². The molecule has 3 aromatic carbocycles. The zero-order valence-corrected chi connectivity index (χ0v) is 17.3. The lowest BCUT2D eigenvalue weighted by atomic mass is 9.89. The molecular weight excluding hydrogens is 362 g/mol. The number of rotatable bonds is 6. The summed E-state index contributed by atoms with van der Waals surface area (Å²) in [6, 6.07) is 24.5. The van der Waals surface area contributed by atoms with Gasteiger partial charge in [-0.25, -0.2) is 0 Å². The van der Waals surface area contributed by atoms with Crippen molar-refractivity contribution in [2.45, 2.75) is 5.92 Å². The summed E-state index contributed by atoms with van der Waals surface area (Å²) in [5, 5.41) is 11.4. The van der Waals surface area contributed by atoms with E-state index in [0.717, 1.165) is 27.6 Å². The van der Waals surface area contributed by atoms with E-state index in [1.165, 1.54) is 0 Å². The smallest absolute Gasteiger partial charge is 0.262 e. The third-order valence-electron chi connectivity index (χ3n) is 4.94. The molecule has 0 aliphatic rings. The van der Waals surface area contributed by atoms with E-state index in [1.54, 1.807) is 24.3 Å². The van der Waals surface area contributed by atoms with Gasteiger partial charge in [0.15, 0.2) is 0 Å². The molecule has 0 aromatic heterocycles. The first-order chi connectivity index (χ1) is 13.9. The van der Waals surface area contributed by atoms with Crippen LogP contribution in [0.5, 0.6) is 0 Å². The van der Waals surface area contributed by atoms with Crippen LogP contribution in [0.2, 0.25) is 0 Å². The third kappa shape index (κ3) is 4.58. The van der Waals surface area contributed by atoms with E-state index >= 15 is 0 Å². The predicted octanol–water partition coefficient (Wildman–Crippen LogP) is 4.37. The fourth-order valence-electron chi connectivity index (χ4n) is 3.23. The largest absolute Gasteiger partial charge is 0.378 e. The van der Waals surface area contributed by atoms with Crippen LogP contribution in [0.15, 0.2) is 78.9 Å². The zero-order chi connectivity index (χ0) is 21.0. The summed E-state index contributed by atoms with van der Waals surface area (Å²) in [7, 11) is 7.90. The Morgan fingerprint density at radius 2 is 1.07 bits per heavy atom. The molecule has 1 amide bonds. The lowest BCUT2D eigenvalue weighted by molar-refractivity contribution is -0.124. The predicted molar refractivity (Wildman–Crippen MR) is 119 cm³/mol. The molecule has 5 heteroatoms. The Kier molecular flexibility index (Phi) is 6.20. The van der Waals surface area contributed by atoms with E-state index in [9.17, 15) is 10.0 Å². The molecule has 0 saturated heterocycles. The van der Waals surface area contributed by atoms with Gasteiger partial charge in [-0.05, 0) is 47.5 Å². The first-order valence-electron chi connectivity index (χ1n) is 9.51. The fourth-order valence-corrected chi connectivity index (χ4v) is 3.23. The minimum Gasteiger partial charge on any atom is -0.378 e. The highest BCUT2D eigenvalue weighted by Gasteiger charge is 2.28. The molecule has 0 aliphatic carbocycles. The van der Waals surface area contributed by atoms with Crippen LogP contribution < -0.4 is 14.9 Å². The van der Waals surface area contributed by atoms with Crippen molar-refractivity contribution in [3.05, 3.63) is 90.0 Å². The Hall–Kier alpha value is -3.31. The number of hydrogen-bond acceptors (Lipinski definition) is 4. The van der Waals surface area contributed by atoms with Crippen molar-refractivity contribution in [3.63, 3.8) is 0 Å². The maximum absolute atomic E-state index is 13.3. The summed E-state index contributed by atoms with van der Waals surface area (Å²) in [4.78, 5) is 17.4. The molecule has 0 spiro atoms. The van der Waals surface area contributed by atoms with Crippen LogP contribution in [0.3, 0.4) is 0 Å². The minimum atomic E-state index is -0.618. The first-order valence-corrected chi connectivity index (χ1v) is 9.51.